The Morgan fingerprint density at radius 2 is 1.64 bits per heavy atom. The highest BCUT2D eigenvalue weighted by Crippen LogP contribution is 2.34. The van der Waals surface area contributed by atoms with Gasteiger partial charge in [0, 0.05) is 31.1 Å². The van der Waals surface area contributed by atoms with Crippen LogP contribution in [0.25, 0.3) is 21.8 Å². The van der Waals surface area contributed by atoms with Crippen LogP contribution in [-0.4, -0.2) is 46.0 Å². The Hall–Kier alpha value is -3.62. The number of hydrogen-bond donors (Lipinski definition) is 1. The molecule has 188 valence electrons. The Morgan fingerprint density at radius 1 is 0.972 bits per heavy atom. The number of halogens is 1. The zero-order chi connectivity index (χ0) is 24.5. The van der Waals surface area contributed by atoms with Gasteiger partial charge in [-0.1, -0.05) is 55.0 Å². The molecule has 0 bridgehead atoms. The number of methoxy groups -OCH3 is 1. The van der Waals surface area contributed by atoms with Crippen LogP contribution in [0.5, 0.6) is 5.75 Å². The number of pyridine rings is 1. The second-order valence-corrected chi connectivity index (χ2v) is 8.85. The third-order valence-electron chi connectivity index (χ3n) is 6.69. The van der Waals surface area contributed by atoms with Crippen LogP contribution in [0.4, 0.5) is 0 Å². The lowest BCUT2D eigenvalue weighted by molar-refractivity contribution is 0.0738. The minimum Gasteiger partial charge on any atom is -0.493 e. The van der Waals surface area contributed by atoms with Gasteiger partial charge in [-0.3, -0.25) is 24.4 Å². The molecule has 2 aromatic carbocycles. The van der Waals surface area contributed by atoms with Crippen LogP contribution in [-0.2, 0) is 13.6 Å². The molecule has 1 amide bonds. The van der Waals surface area contributed by atoms with Crippen molar-refractivity contribution in [3.63, 3.8) is 0 Å². The molecule has 0 aliphatic carbocycles. The number of fused-ring (bicyclic) bond motifs is 3. The number of rotatable bonds is 6. The fourth-order valence-corrected chi connectivity index (χ4v) is 5.00. The number of amides is 1. The number of nitrogens with one attached hydrogen (secondary N) is 1. The number of aryl methyl sites for hydroxylation is 1. The van der Waals surface area contributed by atoms with Crippen molar-refractivity contribution in [1.82, 2.24) is 19.6 Å². The summed E-state index contributed by atoms with van der Waals surface area (Å²) in [5.41, 5.74) is 4.65. The summed E-state index contributed by atoms with van der Waals surface area (Å²) in [7, 11) is 3.22. The molecule has 4 aromatic rings. The maximum atomic E-state index is 13.8. The summed E-state index contributed by atoms with van der Waals surface area (Å²) in [4.78, 5) is 40.2. The van der Waals surface area contributed by atoms with Gasteiger partial charge in [0.1, 0.15) is 5.39 Å². The van der Waals surface area contributed by atoms with Gasteiger partial charge in [0.25, 0.3) is 11.5 Å². The third-order valence-corrected chi connectivity index (χ3v) is 6.69. The van der Waals surface area contributed by atoms with E-state index in [-0.39, 0.29) is 47.6 Å². The molecule has 0 spiro atoms. The smallest absolute Gasteiger partial charge is 0.286 e. The van der Waals surface area contributed by atoms with E-state index in [9.17, 15) is 14.4 Å². The molecule has 3 heterocycles. The maximum Gasteiger partial charge on any atom is 0.286 e. The first-order valence-corrected chi connectivity index (χ1v) is 11.8. The van der Waals surface area contributed by atoms with Crippen molar-refractivity contribution in [2.75, 3.05) is 20.2 Å². The number of Topliss-reactive ketones (excluding diaryl/α,β-unsaturated/α-hetero) is 1. The first kappa shape index (κ1) is 25.5. The molecule has 36 heavy (non-hydrogen) atoms. The van der Waals surface area contributed by atoms with Crippen molar-refractivity contribution >= 4 is 45.9 Å². The lowest BCUT2D eigenvalue weighted by Gasteiger charge is -2.26. The summed E-state index contributed by atoms with van der Waals surface area (Å²) in [6.45, 7) is 1.46. The van der Waals surface area contributed by atoms with Crippen LogP contribution >= 0.6 is 12.4 Å². The van der Waals surface area contributed by atoms with Crippen molar-refractivity contribution < 1.29 is 14.3 Å². The number of carbonyl (C=O) groups is 2. The Bertz CT molecular complexity index is 1490. The SMILES string of the molecule is COc1c(C(=O)NN2CCCCC2)n(C)c2c1c(=O)n(CC(=O)c1ccccc1)c1ccccc21.Cl. The molecular formula is C27H29ClN4O4. The molecule has 1 aliphatic rings. The number of aromatic nitrogens is 2. The van der Waals surface area contributed by atoms with Gasteiger partial charge in [-0.05, 0) is 18.9 Å². The van der Waals surface area contributed by atoms with E-state index in [0.29, 0.717) is 22.0 Å². The van der Waals surface area contributed by atoms with Gasteiger partial charge in [0.15, 0.2) is 17.2 Å². The lowest BCUT2D eigenvalue weighted by atomic mass is 10.1. The second kappa shape index (κ2) is 10.6. The maximum absolute atomic E-state index is 13.8. The first-order chi connectivity index (χ1) is 17.0. The zero-order valence-corrected chi connectivity index (χ0v) is 21.1. The Labute approximate surface area is 214 Å². The molecule has 5 rings (SSSR count). The van der Waals surface area contributed by atoms with Crippen LogP contribution in [0.2, 0.25) is 0 Å². The summed E-state index contributed by atoms with van der Waals surface area (Å²) < 4.78 is 8.86. The lowest BCUT2D eigenvalue weighted by Crippen LogP contribution is -2.45. The molecule has 1 aliphatic heterocycles. The summed E-state index contributed by atoms with van der Waals surface area (Å²) in [5.74, 6) is -0.276. The minimum atomic E-state index is -0.368. The zero-order valence-electron chi connectivity index (χ0n) is 20.3. The van der Waals surface area contributed by atoms with E-state index in [0.717, 1.165) is 37.7 Å². The number of benzene rings is 2. The van der Waals surface area contributed by atoms with Gasteiger partial charge in [-0.15, -0.1) is 12.4 Å². The molecule has 9 heteroatoms. The number of carbonyl (C=O) groups excluding carboxylic acids is 2. The summed E-state index contributed by atoms with van der Waals surface area (Å²) in [6.07, 6.45) is 3.20. The van der Waals surface area contributed by atoms with Gasteiger partial charge in [-0.2, -0.15) is 0 Å². The van der Waals surface area contributed by atoms with Crippen LogP contribution in [0.15, 0.2) is 59.4 Å². The summed E-state index contributed by atoms with van der Waals surface area (Å²) in [5, 5.41) is 2.97. The predicted octanol–water partition coefficient (Wildman–Crippen LogP) is 3.94. The fraction of sp³-hybridized carbons (Fsp3) is 0.296. The van der Waals surface area contributed by atoms with E-state index in [4.69, 9.17) is 4.74 Å². The van der Waals surface area contributed by atoms with Crippen molar-refractivity contribution in [3.05, 3.63) is 76.2 Å². The molecule has 1 N–H and O–H groups in total. The number of ether oxygens (including phenoxy) is 1. The minimum absolute atomic E-state index is 0. The van der Waals surface area contributed by atoms with E-state index in [2.05, 4.69) is 5.43 Å². The number of ketones is 1. The first-order valence-electron chi connectivity index (χ1n) is 11.8. The van der Waals surface area contributed by atoms with Crippen LogP contribution in [0.1, 0.15) is 40.1 Å². The van der Waals surface area contributed by atoms with Crippen LogP contribution < -0.4 is 15.7 Å². The van der Waals surface area contributed by atoms with Gasteiger partial charge in [-0.25, -0.2) is 5.01 Å². The van der Waals surface area contributed by atoms with Crippen LogP contribution in [0, 0.1) is 0 Å². The van der Waals surface area contributed by atoms with Gasteiger partial charge < -0.3 is 9.30 Å². The van der Waals surface area contributed by atoms with E-state index < -0.39 is 0 Å². The Balaban J connectivity index is 0.00000304. The van der Waals surface area contributed by atoms with Gasteiger partial charge in [0.2, 0.25) is 0 Å². The topological polar surface area (TPSA) is 85.6 Å². The highest BCUT2D eigenvalue weighted by Gasteiger charge is 2.28. The number of hydrogen-bond acceptors (Lipinski definition) is 5. The standard InChI is InChI=1S/C27H28N4O4.ClH/c1-29-23-19-13-7-8-14-20(19)31(17-21(32)18-11-5-3-6-12-18)27(34)22(23)25(35-2)24(29)26(33)28-30-15-9-4-10-16-30;/h3,5-8,11-14H,4,9-10,15-17H2,1-2H3,(H,28,33);1H. The Morgan fingerprint density at radius 3 is 2.33 bits per heavy atom. The second-order valence-electron chi connectivity index (χ2n) is 8.85. The molecule has 0 atom stereocenters. The van der Waals surface area contributed by atoms with Crippen molar-refractivity contribution in [1.29, 1.82) is 0 Å². The number of nitrogens with zero attached hydrogens (tertiary/aromatic N) is 3. The van der Waals surface area contributed by atoms with Gasteiger partial charge in [0.05, 0.1) is 24.7 Å². The van der Waals surface area contributed by atoms with Crippen LogP contribution in [0.3, 0.4) is 0 Å². The molecule has 1 saturated heterocycles. The molecule has 8 nitrogen and oxygen atoms in total. The van der Waals surface area contributed by atoms with E-state index in [1.807, 2.05) is 35.3 Å². The molecule has 0 radical (unpaired) electrons. The predicted molar refractivity (Wildman–Crippen MR) is 142 cm³/mol. The van der Waals surface area contributed by atoms with Crippen molar-refractivity contribution in [3.8, 4) is 5.75 Å². The average molecular weight is 509 g/mol. The third kappa shape index (κ3) is 4.38. The number of para-hydroxylation sites is 1. The monoisotopic (exact) mass is 508 g/mol. The average Bonchev–Trinajstić information content (AvgIpc) is 3.20. The van der Waals surface area contributed by atoms with E-state index >= 15 is 0 Å². The largest absolute Gasteiger partial charge is 0.493 e. The summed E-state index contributed by atoms with van der Waals surface area (Å²) in [6, 6.07) is 16.3. The van der Waals surface area contributed by atoms with Crippen molar-refractivity contribution in [2.24, 2.45) is 7.05 Å². The van der Waals surface area contributed by atoms with E-state index in [1.54, 1.807) is 35.9 Å². The summed E-state index contributed by atoms with van der Waals surface area (Å²) >= 11 is 0. The number of hydrazine groups is 1. The van der Waals surface area contributed by atoms with Crippen molar-refractivity contribution in [2.45, 2.75) is 25.8 Å². The Kier molecular flexibility index (Phi) is 7.47. The molecular weight excluding hydrogens is 480 g/mol. The van der Waals surface area contributed by atoms with Gasteiger partial charge >= 0.3 is 0 Å². The highest BCUT2D eigenvalue weighted by molar-refractivity contribution is 6.12. The number of piperidine rings is 1. The molecule has 1 fully saturated rings. The quantitative estimate of drug-likeness (QED) is 0.399. The fourth-order valence-electron chi connectivity index (χ4n) is 5.00. The molecule has 0 saturated carbocycles. The molecule has 2 aromatic heterocycles. The van der Waals surface area contributed by atoms with E-state index in [1.165, 1.54) is 11.7 Å². The highest BCUT2D eigenvalue weighted by atomic mass is 35.5. The normalized spacial score (nSPS) is 13.9. The molecule has 0 unspecified atom stereocenters.